The first kappa shape index (κ1) is 21.6. The second-order valence-electron chi connectivity index (χ2n) is 7.29. The molecule has 1 N–H and O–H groups in total. The number of benzene rings is 3. The summed E-state index contributed by atoms with van der Waals surface area (Å²) in [5, 5.41) is 3.27. The number of anilines is 1. The summed E-state index contributed by atoms with van der Waals surface area (Å²) in [5.74, 6) is -0.387. The van der Waals surface area contributed by atoms with Crippen molar-refractivity contribution in [1.82, 2.24) is 4.98 Å². The Morgan fingerprint density at radius 3 is 2.00 bits per heavy atom. The van der Waals surface area contributed by atoms with Crippen LogP contribution >= 0.6 is 11.3 Å². The maximum absolute atomic E-state index is 12.7. The predicted molar refractivity (Wildman–Crippen MR) is 123 cm³/mol. The molecule has 1 heterocycles. The fourth-order valence-electron chi connectivity index (χ4n) is 3.14. The highest BCUT2D eigenvalue weighted by Gasteiger charge is 2.17. The Kier molecular flexibility index (Phi) is 6.28. The molecule has 0 saturated carbocycles. The molecule has 162 valence electrons. The number of hydrogen-bond donors (Lipinski definition) is 1. The van der Waals surface area contributed by atoms with Crippen LogP contribution in [0.5, 0.6) is 5.75 Å². The van der Waals surface area contributed by atoms with E-state index in [-0.39, 0.29) is 11.7 Å². The van der Waals surface area contributed by atoms with E-state index in [2.05, 4.69) is 10.1 Å². The van der Waals surface area contributed by atoms with Gasteiger partial charge in [0, 0.05) is 11.1 Å². The lowest BCUT2D eigenvalue weighted by Crippen LogP contribution is -2.11. The summed E-state index contributed by atoms with van der Waals surface area (Å²) < 4.78 is 29.0. The van der Waals surface area contributed by atoms with E-state index >= 15 is 0 Å². The Bertz CT molecular complexity index is 1160. The average molecular weight is 451 g/mol. The molecular weight excluding hydrogens is 430 g/mol. The fourth-order valence-corrected chi connectivity index (χ4v) is 4.13. The molecule has 0 aliphatic rings. The molecule has 0 saturated heterocycles. The fraction of sp³-hybridized carbons (Fsp3) is 0.120. The van der Waals surface area contributed by atoms with E-state index < -0.39 is 6.61 Å². The molecule has 4 aromatic rings. The molecule has 4 nitrogen and oxygen atoms in total. The molecule has 0 bridgehead atoms. The third-order valence-electron chi connectivity index (χ3n) is 4.83. The van der Waals surface area contributed by atoms with Gasteiger partial charge in [-0.25, -0.2) is 4.98 Å². The SMILES string of the molecule is Cc1ccc(-c2nc(NC(=O)c3ccc(OC(F)F)cc3)sc2-c2ccc(C)cc2)cc1. The highest BCUT2D eigenvalue weighted by molar-refractivity contribution is 7.19. The lowest BCUT2D eigenvalue weighted by Gasteiger charge is -2.05. The van der Waals surface area contributed by atoms with E-state index in [4.69, 9.17) is 4.98 Å². The van der Waals surface area contributed by atoms with Crippen molar-refractivity contribution in [3.8, 4) is 27.4 Å². The summed E-state index contributed by atoms with van der Waals surface area (Å²) in [7, 11) is 0. The number of ether oxygens (including phenoxy) is 1. The monoisotopic (exact) mass is 450 g/mol. The number of carbonyl (C=O) groups excluding carboxylic acids is 1. The molecule has 0 aliphatic carbocycles. The number of carbonyl (C=O) groups is 1. The van der Waals surface area contributed by atoms with Gasteiger partial charge in [0.25, 0.3) is 5.91 Å². The van der Waals surface area contributed by atoms with E-state index in [1.165, 1.54) is 35.6 Å². The maximum Gasteiger partial charge on any atom is 0.387 e. The molecule has 1 amide bonds. The summed E-state index contributed by atoms with van der Waals surface area (Å²) in [6.45, 7) is 1.14. The number of halogens is 2. The Labute approximate surface area is 188 Å². The van der Waals surface area contributed by atoms with E-state index in [0.29, 0.717) is 10.7 Å². The normalized spacial score (nSPS) is 10.9. The van der Waals surface area contributed by atoms with Gasteiger partial charge in [0.05, 0.1) is 10.6 Å². The molecule has 0 spiro atoms. The number of aryl methyl sites for hydroxylation is 2. The van der Waals surface area contributed by atoms with Crippen LogP contribution in [0.2, 0.25) is 0 Å². The number of rotatable bonds is 6. The Morgan fingerprint density at radius 1 is 0.875 bits per heavy atom. The molecule has 0 aliphatic heterocycles. The lowest BCUT2D eigenvalue weighted by molar-refractivity contribution is -0.0498. The molecule has 0 radical (unpaired) electrons. The third kappa shape index (κ3) is 5.00. The van der Waals surface area contributed by atoms with Crippen molar-refractivity contribution in [2.75, 3.05) is 5.32 Å². The van der Waals surface area contributed by atoms with Crippen molar-refractivity contribution in [3.05, 3.63) is 89.5 Å². The first-order valence-electron chi connectivity index (χ1n) is 9.90. The van der Waals surface area contributed by atoms with Crippen LogP contribution in [0.25, 0.3) is 21.7 Å². The topological polar surface area (TPSA) is 51.2 Å². The van der Waals surface area contributed by atoms with Crippen LogP contribution in [-0.2, 0) is 0 Å². The van der Waals surface area contributed by atoms with Crippen LogP contribution in [-0.4, -0.2) is 17.5 Å². The van der Waals surface area contributed by atoms with Crippen LogP contribution in [0, 0.1) is 13.8 Å². The van der Waals surface area contributed by atoms with Crippen LogP contribution < -0.4 is 10.1 Å². The smallest absolute Gasteiger partial charge is 0.387 e. The summed E-state index contributed by atoms with van der Waals surface area (Å²) in [4.78, 5) is 18.3. The molecule has 7 heteroatoms. The van der Waals surface area contributed by atoms with Crippen molar-refractivity contribution < 1.29 is 18.3 Å². The Hall–Kier alpha value is -3.58. The van der Waals surface area contributed by atoms with Gasteiger partial charge in [-0.15, -0.1) is 0 Å². The van der Waals surface area contributed by atoms with Gasteiger partial charge in [-0.05, 0) is 43.7 Å². The van der Waals surface area contributed by atoms with Gasteiger partial charge in [-0.1, -0.05) is 71.0 Å². The quantitative estimate of drug-likeness (QED) is 0.346. The lowest BCUT2D eigenvalue weighted by atomic mass is 10.0. The largest absolute Gasteiger partial charge is 0.435 e. The standard InChI is InChI=1S/C25H20F2N2O2S/c1-15-3-7-17(8-4-15)21-22(18-9-5-16(2)6-10-18)32-25(28-21)29-23(30)19-11-13-20(14-12-19)31-24(26)27/h3-14,24H,1-2H3,(H,28,29,30). The number of aromatic nitrogens is 1. The van der Waals surface area contributed by atoms with Crippen molar-refractivity contribution in [1.29, 1.82) is 0 Å². The van der Waals surface area contributed by atoms with Gasteiger partial charge >= 0.3 is 6.61 Å². The van der Waals surface area contributed by atoms with E-state index in [9.17, 15) is 13.6 Å². The maximum atomic E-state index is 12.7. The van der Waals surface area contributed by atoms with E-state index in [1.807, 2.05) is 62.4 Å². The second-order valence-corrected chi connectivity index (χ2v) is 8.28. The van der Waals surface area contributed by atoms with Gasteiger partial charge in [0.1, 0.15) is 5.75 Å². The van der Waals surface area contributed by atoms with Gasteiger partial charge in [0.2, 0.25) is 0 Å². The first-order chi connectivity index (χ1) is 15.4. The summed E-state index contributed by atoms with van der Waals surface area (Å²) >= 11 is 1.39. The number of nitrogens with zero attached hydrogens (tertiary/aromatic N) is 1. The minimum atomic E-state index is -2.91. The number of thiazole rings is 1. The number of nitrogens with one attached hydrogen (secondary N) is 1. The second kappa shape index (κ2) is 9.28. The molecule has 4 rings (SSSR count). The van der Waals surface area contributed by atoms with E-state index in [1.54, 1.807) is 0 Å². The van der Waals surface area contributed by atoms with Gasteiger partial charge in [-0.3, -0.25) is 10.1 Å². The molecular formula is C25H20F2N2O2S. The highest BCUT2D eigenvalue weighted by Crippen LogP contribution is 2.39. The molecule has 0 atom stereocenters. The molecule has 3 aromatic carbocycles. The average Bonchev–Trinajstić information content (AvgIpc) is 3.18. The molecule has 32 heavy (non-hydrogen) atoms. The zero-order valence-electron chi connectivity index (χ0n) is 17.4. The van der Waals surface area contributed by atoms with Crippen LogP contribution in [0.3, 0.4) is 0 Å². The zero-order chi connectivity index (χ0) is 22.7. The number of hydrogen-bond acceptors (Lipinski definition) is 4. The first-order valence-corrected chi connectivity index (χ1v) is 10.7. The van der Waals surface area contributed by atoms with Crippen LogP contribution in [0.4, 0.5) is 13.9 Å². The molecule has 0 fully saturated rings. The summed E-state index contributed by atoms with van der Waals surface area (Å²) in [6, 6.07) is 21.7. The van der Waals surface area contributed by atoms with Gasteiger partial charge < -0.3 is 4.74 Å². The van der Waals surface area contributed by atoms with Gasteiger partial charge in [0.15, 0.2) is 5.13 Å². The van der Waals surface area contributed by atoms with Crippen molar-refractivity contribution in [2.45, 2.75) is 20.5 Å². The Morgan fingerprint density at radius 2 is 1.44 bits per heavy atom. The third-order valence-corrected chi connectivity index (χ3v) is 5.85. The van der Waals surface area contributed by atoms with Crippen molar-refractivity contribution >= 4 is 22.4 Å². The minimum absolute atomic E-state index is 0.00545. The number of amides is 1. The van der Waals surface area contributed by atoms with Crippen LogP contribution in [0.1, 0.15) is 21.5 Å². The van der Waals surface area contributed by atoms with Crippen LogP contribution in [0.15, 0.2) is 72.8 Å². The predicted octanol–water partition coefficient (Wildman–Crippen LogP) is 6.95. The van der Waals surface area contributed by atoms with Gasteiger partial charge in [-0.2, -0.15) is 8.78 Å². The minimum Gasteiger partial charge on any atom is -0.435 e. The molecule has 1 aromatic heterocycles. The Balaban J connectivity index is 1.64. The number of alkyl halides is 2. The van der Waals surface area contributed by atoms with Crippen molar-refractivity contribution in [3.63, 3.8) is 0 Å². The summed E-state index contributed by atoms with van der Waals surface area (Å²) in [5.41, 5.74) is 5.37. The highest BCUT2D eigenvalue weighted by atomic mass is 32.1. The summed E-state index contributed by atoms with van der Waals surface area (Å²) in [6.07, 6.45) is 0. The molecule has 0 unspecified atom stereocenters. The van der Waals surface area contributed by atoms with Crippen molar-refractivity contribution in [2.24, 2.45) is 0 Å². The zero-order valence-corrected chi connectivity index (χ0v) is 18.2. The van der Waals surface area contributed by atoms with E-state index in [0.717, 1.165) is 32.8 Å².